The average Bonchev–Trinajstić information content (AvgIpc) is 3.93. The summed E-state index contributed by atoms with van der Waals surface area (Å²) in [5, 5.41) is 10.9. The zero-order valence-electron chi connectivity index (χ0n) is 26.3. The topological polar surface area (TPSA) is 43.9 Å². The first-order chi connectivity index (χ1) is 24.8. The van der Waals surface area contributed by atoms with Gasteiger partial charge in [-0.2, -0.15) is 0 Å². The largest absolute Gasteiger partial charge is 0.456 e. The molecule has 0 aliphatic heterocycles. The molecular formula is C44H23N3OS2. The smallest absolute Gasteiger partial charge is 0.162 e. The first-order valence-electron chi connectivity index (χ1n) is 16.7. The van der Waals surface area contributed by atoms with Crippen molar-refractivity contribution in [1.29, 1.82) is 0 Å². The highest BCUT2D eigenvalue weighted by Gasteiger charge is 2.25. The second kappa shape index (κ2) is 9.76. The highest BCUT2D eigenvalue weighted by Crippen LogP contribution is 2.49. The lowest BCUT2D eigenvalue weighted by Crippen LogP contribution is -2.02. The summed E-state index contributed by atoms with van der Waals surface area (Å²) < 4.78 is 13.5. The van der Waals surface area contributed by atoms with Crippen molar-refractivity contribution in [2.75, 3.05) is 0 Å². The maximum atomic E-state index is 6.19. The van der Waals surface area contributed by atoms with Gasteiger partial charge in [0.15, 0.2) is 11.6 Å². The van der Waals surface area contributed by atoms with E-state index in [-0.39, 0.29) is 0 Å². The summed E-state index contributed by atoms with van der Waals surface area (Å²) in [4.78, 5) is 10.9. The van der Waals surface area contributed by atoms with Crippen LogP contribution in [-0.2, 0) is 0 Å². The number of aromatic nitrogens is 3. The van der Waals surface area contributed by atoms with Crippen LogP contribution in [0.2, 0.25) is 0 Å². The SMILES string of the molecule is c1ccc2c(c1)oc1ccc(-c3nc(-n4c5ccccc5c5c6sc7ccccc7c6c6ccccc6c54)c4sc5ccccc5c4n3)cc12. The number of hydrogen-bond acceptors (Lipinski definition) is 5. The average molecular weight is 674 g/mol. The molecular weight excluding hydrogens is 651 g/mol. The monoisotopic (exact) mass is 673 g/mol. The summed E-state index contributed by atoms with van der Waals surface area (Å²) in [6.45, 7) is 0. The molecule has 0 spiro atoms. The van der Waals surface area contributed by atoms with Gasteiger partial charge in [-0.1, -0.05) is 97.1 Å². The molecule has 0 saturated carbocycles. The third kappa shape index (κ3) is 3.49. The summed E-state index contributed by atoms with van der Waals surface area (Å²) in [5.74, 6) is 1.60. The molecule has 12 rings (SSSR count). The van der Waals surface area contributed by atoms with Crippen LogP contribution in [0, 0.1) is 0 Å². The quantitative estimate of drug-likeness (QED) is 0.183. The molecule has 0 unspecified atom stereocenters. The Balaban J connectivity index is 1.28. The van der Waals surface area contributed by atoms with Gasteiger partial charge < -0.3 is 4.42 Å². The second-order valence-electron chi connectivity index (χ2n) is 12.9. The number of nitrogens with zero attached hydrogens (tertiary/aromatic N) is 3. The maximum absolute atomic E-state index is 6.19. The highest BCUT2D eigenvalue weighted by atomic mass is 32.1. The Kier molecular flexibility index (Phi) is 5.23. The predicted octanol–water partition coefficient (Wildman–Crippen LogP) is 13.0. The molecule has 4 nitrogen and oxygen atoms in total. The minimum atomic E-state index is 0.696. The molecule has 0 aliphatic rings. The molecule has 0 N–H and O–H groups in total. The number of para-hydroxylation sites is 2. The molecule has 0 amide bonds. The van der Waals surface area contributed by atoms with Crippen molar-refractivity contribution < 1.29 is 4.42 Å². The number of furan rings is 1. The van der Waals surface area contributed by atoms with Gasteiger partial charge >= 0.3 is 0 Å². The van der Waals surface area contributed by atoms with E-state index in [0.29, 0.717) is 5.82 Å². The molecule has 5 aromatic heterocycles. The van der Waals surface area contributed by atoms with Crippen molar-refractivity contribution in [3.8, 4) is 17.2 Å². The van der Waals surface area contributed by atoms with Gasteiger partial charge in [0.1, 0.15) is 11.2 Å². The molecule has 0 fully saturated rings. The van der Waals surface area contributed by atoms with Crippen LogP contribution in [-0.4, -0.2) is 14.5 Å². The van der Waals surface area contributed by atoms with Crippen LogP contribution in [0.3, 0.4) is 0 Å². The molecule has 5 heterocycles. The van der Waals surface area contributed by atoms with Gasteiger partial charge in [0.25, 0.3) is 0 Å². The van der Waals surface area contributed by atoms with Crippen LogP contribution >= 0.6 is 22.7 Å². The van der Waals surface area contributed by atoms with Gasteiger partial charge in [0.05, 0.1) is 21.3 Å². The second-order valence-corrected chi connectivity index (χ2v) is 15.0. The normalized spacial score (nSPS) is 12.4. The van der Waals surface area contributed by atoms with Gasteiger partial charge in [-0.25, -0.2) is 9.97 Å². The van der Waals surface area contributed by atoms with Crippen LogP contribution < -0.4 is 0 Å². The maximum Gasteiger partial charge on any atom is 0.162 e. The summed E-state index contributed by atoms with van der Waals surface area (Å²) in [6.07, 6.45) is 0. The fourth-order valence-corrected chi connectivity index (χ4v) is 10.5. The van der Waals surface area contributed by atoms with Gasteiger partial charge in [-0.05, 0) is 47.9 Å². The molecule has 7 aromatic carbocycles. The third-order valence-corrected chi connectivity index (χ3v) is 12.5. The van der Waals surface area contributed by atoms with Crippen molar-refractivity contribution in [2.24, 2.45) is 0 Å². The number of fused-ring (bicyclic) bond motifs is 16. The van der Waals surface area contributed by atoms with Crippen LogP contribution in [0.5, 0.6) is 0 Å². The van der Waals surface area contributed by atoms with Gasteiger partial charge in [0, 0.05) is 62.8 Å². The molecule has 0 bridgehead atoms. The van der Waals surface area contributed by atoms with Crippen LogP contribution in [0.1, 0.15) is 0 Å². The van der Waals surface area contributed by atoms with Crippen molar-refractivity contribution in [3.63, 3.8) is 0 Å². The van der Waals surface area contributed by atoms with E-state index < -0.39 is 0 Å². The van der Waals surface area contributed by atoms with E-state index in [0.717, 1.165) is 54.4 Å². The number of thiophene rings is 2. The molecule has 0 saturated heterocycles. The Morgan fingerprint density at radius 3 is 1.98 bits per heavy atom. The fraction of sp³-hybridized carbons (Fsp3) is 0. The number of benzene rings is 7. The Labute approximate surface area is 292 Å². The van der Waals surface area contributed by atoms with Gasteiger partial charge in [-0.15, -0.1) is 22.7 Å². The predicted molar refractivity (Wildman–Crippen MR) is 212 cm³/mol. The highest BCUT2D eigenvalue weighted by molar-refractivity contribution is 7.27. The van der Waals surface area contributed by atoms with E-state index in [9.17, 15) is 0 Å². The first kappa shape index (κ1) is 26.8. The lowest BCUT2D eigenvalue weighted by atomic mass is 10.00. The lowest BCUT2D eigenvalue weighted by molar-refractivity contribution is 0.669. The minimum absolute atomic E-state index is 0.696. The Morgan fingerprint density at radius 1 is 0.480 bits per heavy atom. The molecule has 50 heavy (non-hydrogen) atoms. The fourth-order valence-electron chi connectivity index (χ4n) is 8.06. The van der Waals surface area contributed by atoms with Crippen LogP contribution in [0.15, 0.2) is 144 Å². The molecule has 0 atom stereocenters. The van der Waals surface area contributed by atoms with E-state index in [1.54, 1.807) is 11.3 Å². The van der Waals surface area contributed by atoms with E-state index in [1.807, 2.05) is 23.5 Å². The zero-order chi connectivity index (χ0) is 32.5. The molecule has 12 aromatic rings. The van der Waals surface area contributed by atoms with E-state index >= 15 is 0 Å². The summed E-state index contributed by atoms with van der Waals surface area (Å²) in [7, 11) is 0. The molecule has 0 radical (unpaired) electrons. The lowest BCUT2D eigenvalue weighted by Gasteiger charge is -2.13. The summed E-state index contributed by atoms with van der Waals surface area (Å²) >= 11 is 3.66. The Hall–Kier alpha value is -6.08. The van der Waals surface area contributed by atoms with Crippen molar-refractivity contribution in [3.05, 3.63) is 140 Å². The van der Waals surface area contributed by atoms with Crippen molar-refractivity contribution in [2.45, 2.75) is 0 Å². The first-order valence-corrected chi connectivity index (χ1v) is 18.3. The molecule has 6 heteroatoms. The van der Waals surface area contributed by atoms with Crippen LogP contribution in [0.25, 0.3) is 112 Å². The summed E-state index contributed by atoms with van der Waals surface area (Å²) in [5.41, 5.74) is 5.99. The number of hydrogen-bond donors (Lipinski definition) is 0. The van der Waals surface area contributed by atoms with E-state index in [2.05, 4.69) is 132 Å². The van der Waals surface area contributed by atoms with Crippen molar-refractivity contribution in [1.82, 2.24) is 14.5 Å². The van der Waals surface area contributed by atoms with Gasteiger partial charge in [0.2, 0.25) is 0 Å². The minimum Gasteiger partial charge on any atom is -0.456 e. The Morgan fingerprint density at radius 2 is 1.12 bits per heavy atom. The molecule has 0 aliphatic carbocycles. The zero-order valence-corrected chi connectivity index (χ0v) is 28.0. The van der Waals surface area contributed by atoms with Gasteiger partial charge in [-0.3, -0.25) is 4.57 Å². The Bertz CT molecular complexity index is 3400. The third-order valence-electron chi connectivity index (χ3n) is 10.2. The van der Waals surface area contributed by atoms with Crippen molar-refractivity contribution >= 4 is 118 Å². The standard InChI is InChI=1S/C44H23N3OS2/c1-2-13-27-26(12-1)37-29-15-5-9-19-35(29)49-41(37)38-28-14-3-7-17-32(28)47(40(27)38)44-42-39(30-16-6-10-20-36(30)50-42)45-43(46-44)24-21-22-34-31(23-24)25-11-4-8-18-33(25)48-34/h1-23H. The summed E-state index contributed by atoms with van der Waals surface area (Å²) in [6, 6.07) is 49.6. The van der Waals surface area contributed by atoms with E-state index in [1.165, 1.54) is 51.9 Å². The van der Waals surface area contributed by atoms with E-state index in [4.69, 9.17) is 14.4 Å². The number of rotatable bonds is 2. The van der Waals surface area contributed by atoms with Crippen LogP contribution in [0.4, 0.5) is 0 Å². The molecule has 232 valence electrons.